The Bertz CT molecular complexity index is 1150. The largest absolute Gasteiger partial charge is 0.351 e. The third-order valence-corrected chi connectivity index (χ3v) is 5.53. The molecule has 0 bridgehead atoms. The lowest BCUT2D eigenvalue weighted by atomic mass is 10.1. The number of thioether (sulfide) groups is 1. The zero-order chi connectivity index (χ0) is 20.2. The first-order valence-corrected chi connectivity index (χ1v) is 10.4. The Labute approximate surface area is 181 Å². The first kappa shape index (κ1) is 19.7. The number of hydrogen-bond donors (Lipinski definition) is 1. The van der Waals surface area contributed by atoms with E-state index in [0.717, 1.165) is 16.8 Å². The fourth-order valence-electron chi connectivity index (χ4n) is 2.62. The van der Waals surface area contributed by atoms with Gasteiger partial charge in [0, 0.05) is 22.2 Å². The van der Waals surface area contributed by atoms with Crippen molar-refractivity contribution in [1.29, 1.82) is 0 Å². The van der Waals surface area contributed by atoms with Crippen molar-refractivity contribution in [3.05, 3.63) is 76.3 Å². The van der Waals surface area contributed by atoms with Crippen molar-refractivity contribution < 1.29 is 4.79 Å². The first-order valence-electron chi connectivity index (χ1n) is 8.71. The molecule has 2 aromatic heterocycles. The molecule has 0 aliphatic rings. The van der Waals surface area contributed by atoms with Gasteiger partial charge in [-0.3, -0.25) is 4.79 Å². The SMILES string of the molecule is O=C(CSc1nnc2ccc(-c3ccc(Cl)cc3)nn12)NCc1ccc(Cl)cc1. The number of amides is 1. The van der Waals surface area contributed by atoms with E-state index < -0.39 is 0 Å². The number of hydrogen-bond acceptors (Lipinski definition) is 5. The number of halogens is 2. The van der Waals surface area contributed by atoms with Crippen LogP contribution in [0, 0.1) is 0 Å². The van der Waals surface area contributed by atoms with Crippen molar-refractivity contribution >= 4 is 46.5 Å². The molecule has 2 heterocycles. The van der Waals surface area contributed by atoms with Gasteiger partial charge in [-0.25, -0.2) is 0 Å². The number of fused-ring (bicyclic) bond motifs is 1. The van der Waals surface area contributed by atoms with E-state index in [-0.39, 0.29) is 11.7 Å². The molecule has 0 fully saturated rings. The summed E-state index contributed by atoms with van der Waals surface area (Å²) in [4.78, 5) is 12.2. The molecule has 0 aliphatic heterocycles. The Morgan fingerprint density at radius 3 is 2.34 bits per heavy atom. The lowest BCUT2D eigenvalue weighted by Crippen LogP contribution is -2.24. The van der Waals surface area contributed by atoms with Gasteiger partial charge < -0.3 is 5.32 Å². The van der Waals surface area contributed by atoms with E-state index in [1.807, 2.05) is 48.5 Å². The van der Waals surface area contributed by atoms with E-state index in [2.05, 4.69) is 20.6 Å². The zero-order valence-electron chi connectivity index (χ0n) is 15.0. The molecule has 0 saturated heterocycles. The highest BCUT2D eigenvalue weighted by Gasteiger charge is 2.11. The molecule has 0 spiro atoms. The Morgan fingerprint density at radius 1 is 0.931 bits per heavy atom. The summed E-state index contributed by atoms with van der Waals surface area (Å²) in [6.45, 7) is 0.441. The van der Waals surface area contributed by atoms with Crippen molar-refractivity contribution in [2.75, 3.05) is 5.75 Å². The molecule has 1 amide bonds. The van der Waals surface area contributed by atoms with Crippen LogP contribution in [0.3, 0.4) is 0 Å². The zero-order valence-corrected chi connectivity index (χ0v) is 17.4. The molecule has 6 nitrogen and oxygen atoms in total. The van der Waals surface area contributed by atoms with Crippen LogP contribution in [0.2, 0.25) is 10.0 Å². The Hall–Kier alpha value is -2.61. The van der Waals surface area contributed by atoms with Gasteiger partial charge in [0.15, 0.2) is 5.65 Å². The molecular formula is C20H15Cl2N5OS. The molecule has 146 valence electrons. The minimum atomic E-state index is -0.101. The van der Waals surface area contributed by atoms with Crippen LogP contribution >= 0.6 is 35.0 Å². The lowest BCUT2D eigenvalue weighted by Gasteiger charge is -2.05. The van der Waals surface area contributed by atoms with Gasteiger partial charge in [0.1, 0.15) is 0 Å². The number of nitrogens with one attached hydrogen (secondary N) is 1. The predicted octanol–water partition coefficient (Wildman–Crippen LogP) is 4.51. The van der Waals surface area contributed by atoms with Crippen LogP contribution in [0.15, 0.2) is 65.8 Å². The third-order valence-electron chi connectivity index (χ3n) is 4.11. The molecule has 29 heavy (non-hydrogen) atoms. The van der Waals surface area contributed by atoms with Crippen LogP contribution in [-0.2, 0) is 11.3 Å². The summed E-state index contributed by atoms with van der Waals surface area (Å²) in [6.07, 6.45) is 0. The van der Waals surface area contributed by atoms with Gasteiger partial charge in [-0.2, -0.15) is 9.61 Å². The Morgan fingerprint density at radius 2 is 1.62 bits per heavy atom. The number of carbonyl (C=O) groups is 1. The summed E-state index contributed by atoms with van der Waals surface area (Å²) in [5.74, 6) is 0.108. The van der Waals surface area contributed by atoms with Crippen LogP contribution in [0.5, 0.6) is 0 Å². The number of benzene rings is 2. The summed E-state index contributed by atoms with van der Waals surface area (Å²) in [5.41, 5.74) is 3.30. The molecule has 0 aliphatic carbocycles. The summed E-state index contributed by atoms with van der Waals surface area (Å²) in [5, 5.41) is 17.6. The standard InChI is InChI=1S/C20H15Cl2N5OS/c21-15-5-1-13(2-6-15)11-23-19(28)12-29-20-25-24-18-10-9-17(26-27(18)20)14-3-7-16(22)8-4-14/h1-10H,11-12H2,(H,23,28). The second-order valence-corrected chi connectivity index (χ2v) is 7.99. The highest BCUT2D eigenvalue weighted by atomic mass is 35.5. The lowest BCUT2D eigenvalue weighted by molar-refractivity contribution is -0.118. The maximum Gasteiger partial charge on any atom is 0.230 e. The van der Waals surface area contributed by atoms with Crippen LogP contribution in [-0.4, -0.2) is 31.5 Å². The molecular weight excluding hydrogens is 429 g/mol. The number of nitrogens with zero attached hydrogens (tertiary/aromatic N) is 4. The smallest absolute Gasteiger partial charge is 0.230 e. The average molecular weight is 444 g/mol. The monoisotopic (exact) mass is 443 g/mol. The molecule has 2 aromatic carbocycles. The maximum absolute atomic E-state index is 12.2. The highest BCUT2D eigenvalue weighted by molar-refractivity contribution is 7.99. The summed E-state index contributed by atoms with van der Waals surface area (Å²) < 4.78 is 1.64. The van der Waals surface area contributed by atoms with Crippen LogP contribution in [0.4, 0.5) is 0 Å². The quantitative estimate of drug-likeness (QED) is 0.443. The second kappa shape index (κ2) is 8.82. The van der Waals surface area contributed by atoms with E-state index in [9.17, 15) is 4.79 Å². The number of carbonyl (C=O) groups excluding carboxylic acids is 1. The fraction of sp³-hybridized carbons (Fsp3) is 0.100. The van der Waals surface area contributed by atoms with Crippen molar-refractivity contribution in [3.8, 4) is 11.3 Å². The highest BCUT2D eigenvalue weighted by Crippen LogP contribution is 2.22. The van der Waals surface area contributed by atoms with Crippen molar-refractivity contribution in [3.63, 3.8) is 0 Å². The predicted molar refractivity (Wildman–Crippen MR) is 115 cm³/mol. The fourth-order valence-corrected chi connectivity index (χ4v) is 3.59. The van der Waals surface area contributed by atoms with E-state index in [4.69, 9.17) is 23.2 Å². The van der Waals surface area contributed by atoms with Gasteiger partial charge in [0.2, 0.25) is 11.1 Å². The molecule has 0 saturated carbocycles. The third kappa shape index (κ3) is 4.87. The van der Waals surface area contributed by atoms with Crippen LogP contribution in [0.1, 0.15) is 5.56 Å². The topological polar surface area (TPSA) is 72.2 Å². The summed E-state index contributed by atoms with van der Waals surface area (Å²) in [7, 11) is 0. The Balaban J connectivity index is 1.42. The maximum atomic E-state index is 12.2. The average Bonchev–Trinajstić information content (AvgIpc) is 3.14. The molecule has 0 radical (unpaired) electrons. The van der Waals surface area contributed by atoms with E-state index >= 15 is 0 Å². The van der Waals surface area contributed by atoms with Crippen molar-refractivity contribution in [2.24, 2.45) is 0 Å². The van der Waals surface area contributed by atoms with Gasteiger partial charge in [-0.1, -0.05) is 59.2 Å². The normalized spacial score (nSPS) is 11.0. The number of aromatic nitrogens is 4. The van der Waals surface area contributed by atoms with Crippen LogP contribution in [0.25, 0.3) is 16.9 Å². The summed E-state index contributed by atoms with van der Waals surface area (Å²) in [6, 6.07) is 18.5. The number of rotatable bonds is 6. The van der Waals surface area contributed by atoms with E-state index in [0.29, 0.717) is 27.4 Å². The van der Waals surface area contributed by atoms with Gasteiger partial charge >= 0.3 is 0 Å². The minimum Gasteiger partial charge on any atom is -0.351 e. The second-order valence-electron chi connectivity index (χ2n) is 6.17. The van der Waals surface area contributed by atoms with Crippen LogP contribution < -0.4 is 5.32 Å². The Kier molecular flexibility index (Phi) is 5.99. The van der Waals surface area contributed by atoms with E-state index in [1.54, 1.807) is 16.6 Å². The van der Waals surface area contributed by atoms with Gasteiger partial charge in [-0.15, -0.1) is 10.2 Å². The molecule has 4 rings (SSSR count). The summed E-state index contributed by atoms with van der Waals surface area (Å²) >= 11 is 13.1. The molecule has 0 unspecified atom stereocenters. The van der Waals surface area contributed by atoms with Gasteiger partial charge in [0.05, 0.1) is 11.4 Å². The van der Waals surface area contributed by atoms with Crippen molar-refractivity contribution in [1.82, 2.24) is 25.1 Å². The molecule has 0 atom stereocenters. The van der Waals surface area contributed by atoms with E-state index in [1.165, 1.54) is 11.8 Å². The van der Waals surface area contributed by atoms with Gasteiger partial charge in [0.25, 0.3) is 0 Å². The molecule has 1 N–H and O–H groups in total. The first-order chi connectivity index (χ1) is 14.1. The molecule has 9 heteroatoms. The molecule has 4 aromatic rings. The van der Waals surface area contributed by atoms with Gasteiger partial charge in [-0.05, 0) is 42.0 Å². The van der Waals surface area contributed by atoms with Crippen molar-refractivity contribution in [2.45, 2.75) is 11.7 Å². The minimum absolute atomic E-state index is 0.101.